The first kappa shape index (κ1) is 14.2. The lowest BCUT2D eigenvalue weighted by molar-refractivity contribution is -0.129. The zero-order valence-corrected chi connectivity index (χ0v) is 11.4. The largest absolute Gasteiger partial charge is 0.329 e. The molecule has 1 aromatic carbocycles. The molecule has 1 rings (SSSR count). The van der Waals surface area contributed by atoms with Crippen LogP contribution >= 0.6 is 0 Å². The zero-order valence-electron chi connectivity index (χ0n) is 11.4. The average molecular weight is 244 g/mol. The summed E-state index contributed by atoms with van der Waals surface area (Å²) in [6.07, 6.45) is 1.26. The molecule has 0 radical (unpaired) electrons. The number of hydrogen-bond acceptors (Lipinski definition) is 2. The van der Waals surface area contributed by atoms with Gasteiger partial charge in [0.2, 0.25) is 5.91 Å². The van der Waals surface area contributed by atoms with Crippen LogP contribution < -0.4 is 0 Å². The number of amides is 1. The van der Waals surface area contributed by atoms with E-state index in [0.29, 0.717) is 13.0 Å². The van der Waals surface area contributed by atoms with Crippen LogP contribution in [0.1, 0.15) is 30.0 Å². The van der Waals surface area contributed by atoms with Gasteiger partial charge in [0.15, 0.2) is 0 Å². The van der Waals surface area contributed by atoms with Crippen molar-refractivity contribution in [2.24, 2.45) is 0 Å². The summed E-state index contributed by atoms with van der Waals surface area (Å²) in [5, 5.41) is 8.73. The molecule has 0 aliphatic rings. The second kappa shape index (κ2) is 6.80. The molecular weight excluding hydrogens is 224 g/mol. The van der Waals surface area contributed by atoms with E-state index in [-0.39, 0.29) is 12.5 Å². The van der Waals surface area contributed by atoms with E-state index in [1.807, 2.05) is 39.0 Å². The predicted molar refractivity (Wildman–Crippen MR) is 72.1 cm³/mol. The molecule has 0 fully saturated rings. The van der Waals surface area contributed by atoms with E-state index in [1.54, 1.807) is 4.90 Å². The Labute approximate surface area is 109 Å². The number of rotatable bonds is 5. The molecule has 0 saturated carbocycles. The Morgan fingerprint density at radius 3 is 2.72 bits per heavy atom. The van der Waals surface area contributed by atoms with Crippen molar-refractivity contribution < 1.29 is 4.79 Å². The van der Waals surface area contributed by atoms with Crippen molar-refractivity contribution in [1.29, 1.82) is 5.26 Å². The minimum absolute atomic E-state index is 0.0344. The van der Waals surface area contributed by atoms with Gasteiger partial charge in [-0.05, 0) is 31.4 Å². The molecule has 1 amide bonds. The highest BCUT2D eigenvalue weighted by atomic mass is 16.2. The number of benzene rings is 1. The highest BCUT2D eigenvalue weighted by Crippen LogP contribution is 2.12. The maximum atomic E-state index is 12.1. The lowest BCUT2D eigenvalue weighted by atomic mass is 10.0. The molecule has 0 spiro atoms. The van der Waals surface area contributed by atoms with Crippen LogP contribution in [0.15, 0.2) is 18.2 Å². The van der Waals surface area contributed by atoms with Crippen molar-refractivity contribution in [1.82, 2.24) is 4.90 Å². The van der Waals surface area contributed by atoms with E-state index in [2.05, 4.69) is 6.07 Å². The lowest BCUT2D eigenvalue weighted by Gasteiger charge is -2.19. The Hall–Kier alpha value is -1.82. The minimum atomic E-state index is 0.0344. The molecule has 96 valence electrons. The van der Waals surface area contributed by atoms with Crippen molar-refractivity contribution in [3.8, 4) is 6.07 Å². The number of nitrogens with zero attached hydrogens (tertiary/aromatic N) is 2. The van der Waals surface area contributed by atoms with Crippen LogP contribution in [0, 0.1) is 25.2 Å². The molecule has 3 nitrogen and oxygen atoms in total. The third kappa shape index (κ3) is 3.89. The van der Waals surface area contributed by atoms with Crippen molar-refractivity contribution in [3.63, 3.8) is 0 Å². The van der Waals surface area contributed by atoms with Gasteiger partial charge in [0.05, 0.1) is 12.5 Å². The standard InChI is InChI=1S/C15H20N2O/c1-4-8-17(9-7-16)15(18)11-14-10-12(2)5-6-13(14)3/h5-6,10H,4,8-9,11H2,1-3H3. The molecule has 0 N–H and O–H groups in total. The normalized spacial score (nSPS) is 9.89. The summed E-state index contributed by atoms with van der Waals surface area (Å²) in [6, 6.07) is 8.17. The quantitative estimate of drug-likeness (QED) is 0.747. The highest BCUT2D eigenvalue weighted by molar-refractivity contribution is 5.79. The summed E-state index contributed by atoms with van der Waals surface area (Å²) in [7, 11) is 0. The zero-order chi connectivity index (χ0) is 13.5. The maximum Gasteiger partial charge on any atom is 0.227 e. The summed E-state index contributed by atoms with van der Waals surface area (Å²) in [5.74, 6) is 0.0344. The van der Waals surface area contributed by atoms with E-state index in [0.717, 1.165) is 23.1 Å². The number of aryl methyl sites for hydroxylation is 2. The Kier molecular flexibility index (Phi) is 5.38. The van der Waals surface area contributed by atoms with Gasteiger partial charge >= 0.3 is 0 Å². The second-order valence-electron chi connectivity index (χ2n) is 4.58. The molecule has 0 aliphatic carbocycles. The summed E-state index contributed by atoms with van der Waals surface area (Å²) in [6.45, 7) is 6.87. The molecule has 0 bridgehead atoms. The number of carbonyl (C=O) groups excluding carboxylic acids is 1. The number of carbonyl (C=O) groups is 1. The van der Waals surface area contributed by atoms with Crippen LogP contribution in [0.4, 0.5) is 0 Å². The van der Waals surface area contributed by atoms with Crippen LogP contribution in [-0.2, 0) is 11.2 Å². The molecule has 0 aliphatic heterocycles. The summed E-state index contributed by atoms with van der Waals surface area (Å²) in [5.41, 5.74) is 3.34. The first-order valence-corrected chi connectivity index (χ1v) is 6.29. The lowest BCUT2D eigenvalue weighted by Crippen LogP contribution is -2.33. The smallest absolute Gasteiger partial charge is 0.227 e. The Bertz CT molecular complexity index is 460. The third-order valence-corrected chi connectivity index (χ3v) is 2.95. The summed E-state index contributed by atoms with van der Waals surface area (Å²) in [4.78, 5) is 13.8. The van der Waals surface area contributed by atoms with Gasteiger partial charge in [-0.3, -0.25) is 4.79 Å². The van der Waals surface area contributed by atoms with E-state index in [4.69, 9.17) is 5.26 Å². The van der Waals surface area contributed by atoms with Crippen molar-refractivity contribution >= 4 is 5.91 Å². The predicted octanol–water partition coefficient (Wildman–Crippen LogP) is 2.61. The first-order chi connectivity index (χ1) is 8.58. The third-order valence-electron chi connectivity index (χ3n) is 2.95. The monoisotopic (exact) mass is 244 g/mol. The molecule has 0 heterocycles. The van der Waals surface area contributed by atoms with Crippen molar-refractivity contribution in [2.75, 3.05) is 13.1 Å². The summed E-state index contributed by atoms with van der Waals surface area (Å²) >= 11 is 0. The van der Waals surface area contributed by atoms with Crippen LogP contribution in [-0.4, -0.2) is 23.9 Å². The van der Waals surface area contributed by atoms with Gasteiger partial charge in [-0.15, -0.1) is 0 Å². The van der Waals surface area contributed by atoms with Crippen LogP contribution in [0.5, 0.6) is 0 Å². The van der Waals surface area contributed by atoms with E-state index in [9.17, 15) is 4.79 Å². The Morgan fingerprint density at radius 1 is 1.39 bits per heavy atom. The topological polar surface area (TPSA) is 44.1 Å². The number of nitriles is 1. The Balaban J connectivity index is 2.79. The molecule has 0 unspecified atom stereocenters. The van der Waals surface area contributed by atoms with Gasteiger partial charge in [-0.1, -0.05) is 30.7 Å². The molecule has 0 atom stereocenters. The fraction of sp³-hybridized carbons (Fsp3) is 0.467. The Morgan fingerprint density at radius 2 is 2.11 bits per heavy atom. The molecule has 0 aromatic heterocycles. The SMILES string of the molecule is CCCN(CC#N)C(=O)Cc1cc(C)ccc1C. The van der Waals surface area contributed by atoms with Gasteiger partial charge < -0.3 is 4.90 Å². The highest BCUT2D eigenvalue weighted by Gasteiger charge is 2.13. The van der Waals surface area contributed by atoms with E-state index < -0.39 is 0 Å². The van der Waals surface area contributed by atoms with Crippen LogP contribution in [0.3, 0.4) is 0 Å². The van der Waals surface area contributed by atoms with Gasteiger partial charge in [0.25, 0.3) is 0 Å². The van der Waals surface area contributed by atoms with Crippen molar-refractivity contribution in [3.05, 3.63) is 34.9 Å². The van der Waals surface area contributed by atoms with Crippen molar-refractivity contribution in [2.45, 2.75) is 33.6 Å². The fourth-order valence-corrected chi connectivity index (χ4v) is 1.91. The number of hydrogen-bond donors (Lipinski definition) is 0. The van der Waals surface area contributed by atoms with Crippen LogP contribution in [0.2, 0.25) is 0 Å². The second-order valence-corrected chi connectivity index (χ2v) is 4.58. The first-order valence-electron chi connectivity index (χ1n) is 6.29. The van der Waals surface area contributed by atoms with Gasteiger partial charge in [-0.25, -0.2) is 0 Å². The molecule has 18 heavy (non-hydrogen) atoms. The average Bonchev–Trinajstić information content (AvgIpc) is 2.33. The molecule has 0 saturated heterocycles. The minimum Gasteiger partial charge on any atom is -0.329 e. The van der Waals surface area contributed by atoms with Crippen LogP contribution in [0.25, 0.3) is 0 Å². The maximum absolute atomic E-state index is 12.1. The molecular formula is C15H20N2O. The van der Waals surface area contributed by atoms with Gasteiger partial charge in [0.1, 0.15) is 6.54 Å². The molecule has 1 aromatic rings. The fourth-order valence-electron chi connectivity index (χ4n) is 1.91. The summed E-state index contributed by atoms with van der Waals surface area (Å²) < 4.78 is 0. The molecule has 3 heteroatoms. The van der Waals surface area contributed by atoms with E-state index >= 15 is 0 Å². The van der Waals surface area contributed by atoms with E-state index in [1.165, 1.54) is 0 Å². The van der Waals surface area contributed by atoms with Gasteiger partial charge in [-0.2, -0.15) is 5.26 Å². The van der Waals surface area contributed by atoms with Gasteiger partial charge in [0, 0.05) is 6.54 Å².